The zero-order valence-corrected chi connectivity index (χ0v) is 16.9. The van der Waals surface area contributed by atoms with E-state index >= 15 is 0 Å². The molecule has 27 heavy (non-hydrogen) atoms. The molecule has 0 aliphatic carbocycles. The van der Waals surface area contributed by atoms with Gasteiger partial charge in [-0.05, 0) is 31.4 Å². The zero-order chi connectivity index (χ0) is 19.3. The molecule has 3 heteroatoms. The Kier molecular flexibility index (Phi) is 10.2. The van der Waals surface area contributed by atoms with Crippen molar-refractivity contribution in [3.63, 3.8) is 0 Å². The number of rotatable bonds is 14. The third kappa shape index (κ3) is 8.30. The first-order valence-electron chi connectivity index (χ1n) is 10.9. The van der Waals surface area contributed by atoms with Crippen LogP contribution in [0.2, 0.25) is 0 Å². The lowest BCUT2D eigenvalue weighted by molar-refractivity contribution is 0.147. The van der Waals surface area contributed by atoms with Crippen LogP contribution in [0.3, 0.4) is 0 Å². The summed E-state index contributed by atoms with van der Waals surface area (Å²) in [7, 11) is 0. The van der Waals surface area contributed by atoms with Crippen LogP contribution in [0.1, 0.15) is 89.7 Å². The molecule has 0 aliphatic rings. The molecule has 1 unspecified atom stereocenters. The molecule has 3 nitrogen and oxygen atoms in total. The number of aliphatic hydroxyl groups excluding tert-OH is 1. The van der Waals surface area contributed by atoms with Gasteiger partial charge in [0.05, 0.1) is 11.5 Å². The minimum Gasteiger partial charge on any atom is -0.461 e. The van der Waals surface area contributed by atoms with Crippen LogP contribution in [0, 0.1) is 0 Å². The number of aryl methyl sites for hydroxylation is 1. The van der Waals surface area contributed by atoms with E-state index in [1.807, 2.05) is 24.3 Å². The molecule has 0 spiro atoms. The Morgan fingerprint density at radius 1 is 0.889 bits per heavy atom. The van der Waals surface area contributed by atoms with Gasteiger partial charge in [0.1, 0.15) is 11.3 Å². The van der Waals surface area contributed by atoms with Crippen molar-refractivity contribution in [3.05, 3.63) is 46.3 Å². The van der Waals surface area contributed by atoms with Gasteiger partial charge < -0.3 is 9.52 Å². The molecular weight excluding hydrogens is 336 g/mol. The summed E-state index contributed by atoms with van der Waals surface area (Å²) in [5.41, 5.74) is 0.725. The summed E-state index contributed by atoms with van der Waals surface area (Å²) < 4.78 is 5.83. The molecule has 1 aromatic heterocycles. The van der Waals surface area contributed by atoms with Gasteiger partial charge in [0.15, 0.2) is 5.43 Å². The van der Waals surface area contributed by atoms with Gasteiger partial charge in [-0.2, -0.15) is 0 Å². The van der Waals surface area contributed by atoms with Crippen LogP contribution >= 0.6 is 0 Å². The highest BCUT2D eigenvalue weighted by Gasteiger charge is 2.06. The molecule has 0 radical (unpaired) electrons. The lowest BCUT2D eigenvalue weighted by atomic mass is 10.0. The molecule has 0 saturated heterocycles. The van der Waals surface area contributed by atoms with Gasteiger partial charge in [-0.3, -0.25) is 4.79 Å². The first-order valence-corrected chi connectivity index (χ1v) is 10.9. The standard InChI is InChI=1S/C24H36O3/c1-2-3-4-5-6-9-14-20(25)15-10-7-8-11-16-21-19-23(26)22-17-12-13-18-24(22)27-21/h12-13,17-20,25H,2-11,14-16H2,1H3. The van der Waals surface area contributed by atoms with Crippen LogP contribution < -0.4 is 5.43 Å². The number of unbranched alkanes of at least 4 members (excludes halogenated alkanes) is 8. The van der Waals surface area contributed by atoms with Crippen molar-refractivity contribution in [1.29, 1.82) is 0 Å². The normalized spacial score (nSPS) is 12.5. The second kappa shape index (κ2) is 12.7. The van der Waals surface area contributed by atoms with Gasteiger partial charge in [-0.15, -0.1) is 0 Å². The Morgan fingerprint density at radius 3 is 2.26 bits per heavy atom. The van der Waals surface area contributed by atoms with Crippen LogP contribution in [0.25, 0.3) is 11.0 Å². The zero-order valence-electron chi connectivity index (χ0n) is 16.9. The average Bonchev–Trinajstić information content (AvgIpc) is 2.67. The molecule has 0 bridgehead atoms. The Bertz CT molecular complexity index is 704. The number of benzene rings is 1. The van der Waals surface area contributed by atoms with E-state index < -0.39 is 0 Å². The first-order chi connectivity index (χ1) is 13.2. The molecule has 1 heterocycles. The van der Waals surface area contributed by atoms with Crippen LogP contribution in [0.15, 0.2) is 39.5 Å². The number of aliphatic hydroxyl groups is 1. The summed E-state index contributed by atoms with van der Waals surface area (Å²) in [5.74, 6) is 0.779. The highest BCUT2D eigenvalue weighted by molar-refractivity contribution is 5.76. The fraction of sp³-hybridized carbons (Fsp3) is 0.625. The molecule has 1 N–H and O–H groups in total. The Hall–Kier alpha value is -1.61. The second-order valence-electron chi connectivity index (χ2n) is 7.74. The van der Waals surface area contributed by atoms with Crippen molar-refractivity contribution in [2.75, 3.05) is 0 Å². The number of fused-ring (bicyclic) bond motifs is 1. The highest BCUT2D eigenvalue weighted by Crippen LogP contribution is 2.16. The van der Waals surface area contributed by atoms with Gasteiger partial charge in [0, 0.05) is 12.5 Å². The lowest BCUT2D eigenvalue weighted by Crippen LogP contribution is -2.06. The van der Waals surface area contributed by atoms with Gasteiger partial charge in [0.25, 0.3) is 0 Å². The average molecular weight is 373 g/mol. The molecule has 0 fully saturated rings. The molecule has 0 saturated carbocycles. The fourth-order valence-corrected chi connectivity index (χ4v) is 3.61. The summed E-state index contributed by atoms with van der Waals surface area (Å²) in [6.45, 7) is 2.24. The molecule has 0 aliphatic heterocycles. The first kappa shape index (κ1) is 21.7. The Morgan fingerprint density at radius 2 is 1.52 bits per heavy atom. The number of hydrogen-bond acceptors (Lipinski definition) is 3. The minimum absolute atomic E-state index is 0.0460. The van der Waals surface area contributed by atoms with E-state index in [0.29, 0.717) is 11.0 Å². The second-order valence-corrected chi connectivity index (χ2v) is 7.74. The topological polar surface area (TPSA) is 50.4 Å². The Balaban J connectivity index is 1.54. The summed E-state index contributed by atoms with van der Waals surface area (Å²) in [6.07, 6.45) is 14.6. The van der Waals surface area contributed by atoms with Gasteiger partial charge in [-0.1, -0.05) is 76.8 Å². The summed E-state index contributed by atoms with van der Waals surface area (Å²) in [6, 6.07) is 9.05. The summed E-state index contributed by atoms with van der Waals surface area (Å²) >= 11 is 0. The molecule has 2 aromatic rings. The molecule has 1 aromatic carbocycles. The Labute approximate surface area is 163 Å². The van der Waals surface area contributed by atoms with Crippen molar-refractivity contribution in [3.8, 4) is 0 Å². The quantitative estimate of drug-likeness (QED) is 0.390. The number of hydrogen-bond donors (Lipinski definition) is 1. The molecule has 0 amide bonds. The molecule has 150 valence electrons. The van der Waals surface area contributed by atoms with E-state index in [1.54, 1.807) is 6.07 Å². The largest absolute Gasteiger partial charge is 0.461 e. The van der Waals surface area contributed by atoms with Crippen LogP contribution in [-0.2, 0) is 6.42 Å². The van der Waals surface area contributed by atoms with E-state index in [0.717, 1.165) is 57.1 Å². The third-order valence-corrected chi connectivity index (χ3v) is 5.29. The van der Waals surface area contributed by atoms with Gasteiger partial charge in [0.2, 0.25) is 0 Å². The van der Waals surface area contributed by atoms with Gasteiger partial charge in [-0.25, -0.2) is 0 Å². The third-order valence-electron chi connectivity index (χ3n) is 5.29. The van der Waals surface area contributed by atoms with Crippen molar-refractivity contribution in [2.45, 2.75) is 96.5 Å². The van der Waals surface area contributed by atoms with Crippen molar-refractivity contribution in [1.82, 2.24) is 0 Å². The van der Waals surface area contributed by atoms with Crippen LogP contribution in [0.5, 0.6) is 0 Å². The molecule has 2 rings (SSSR count). The van der Waals surface area contributed by atoms with Crippen LogP contribution in [-0.4, -0.2) is 11.2 Å². The van der Waals surface area contributed by atoms with Crippen LogP contribution in [0.4, 0.5) is 0 Å². The summed E-state index contributed by atoms with van der Waals surface area (Å²) in [5, 5.41) is 10.7. The summed E-state index contributed by atoms with van der Waals surface area (Å²) in [4.78, 5) is 12.1. The van der Waals surface area contributed by atoms with Crippen molar-refractivity contribution < 1.29 is 9.52 Å². The van der Waals surface area contributed by atoms with E-state index in [2.05, 4.69) is 6.92 Å². The lowest BCUT2D eigenvalue weighted by Gasteiger charge is -2.10. The molecular formula is C24H36O3. The van der Waals surface area contributed by atoms with Gasteiger partial charge >= 0.3 is 0 Å². The van der Waals surface area contributed by atoms with E-state index in [9.17, 15) is 9.90 Å². The maximum absolute atomic E-state index is 12.1. The maximum Gasteiger partial charge on any atom is 0.192 e. The van der Waals surface area contributed by atoms with Crippen molar-refractivity contribution in [2.24, 2.45) is 0 Å². The smallest absolute Gasteiger partial charge is 0.192 e. The SMILES string of the molecule is CCCCCCCCC(O)CCCCCCc1cc(=O)c2ccccc2o1. The van der Waals surface area contributed by atoms with E-state index in [1.165, 1.54) is 32.1 Å². The highest BCUT2D eigenvalue weighted by atomic mass is 16.3. The predicted molar refractivity (Wildman–Crippen MR) is 113 cm³/mol. The fourth-order valence-electron chi connectivity index (χ4n) is 3.61. The van der Waals surface area contributed by atoms with Crippen molar-refractivity contribution >= 4 is 11.0 Å². The minimum atomic E-state index is -0.130. The van der Waals surface area contributed by atoms with E-state index in [4.69, 9.17) is 4.42 Å². The number of para-hydroxylation sites is 1. The monoisotopic (exact) mass is 372 g/mol. The predicted octanol–water partition coefficient (Wildman–Crippen LogP) is 6.40. The maximum atomic E-state index is 12.1. The van der Waals surface area contributed by atoms with E-state index in [-0.39, 0.29) is 11.5 Å². The molecule has 1 atom stereocenters.